The number of nitrogens with zero attached hydrogens (tertiary/aromatic N) is 2. The zero-order chi connectivity index (χ0) is 24.5. The van der Waals surface area contributed by atoms with Crippen molar-refractivity contribution in [3.8, 4) is 12.3 Å². The van der Waals surface area contributed by atoms with E-state index in [1.165, 1.54) is 23.5 Å². The molecule has 0 radical (unpaired) electrons. The van der Waals surface area contributed by atoms with Crippen LogP contribution in [0.1, 0.15) is 21.5 Å². The van der Waals surface area contributed by atoms with E-state index in [1.54, 1.807) is 12.1 Å². The van der Waals surface area contributed by atoms with E-state index in [0.29, 0.717) is 4.80 Å². The average Bonchev–Trinajstić information content (AvgIpc) is 3.10. The predicted octanol–water partition coefficient (Wildman–Crippen LogP) is 4.63. The van der Waals surface area contributed by atoms with E-state index in [4.69, 9.17) is 6.42 Å². The number of terminal acetylenes is 1. The molecule has 1 aromatic heterocycles. The van der Waals surface area contributed by atoms with Crippen LogP contribution in [0, 0.1) is 32.0 Å². The number of aromatic nitrogens is 1. The lowest BCUT2D eigenvalue weighted by molar-refractivity contribution is 0.0998. The van der Waals surface area contributed by atoms with Gasteiger partial charge >= 0.3 is 0 Å². The van der Waals surface area contributed by atoms with Gasteiger partial charge in [-0.05, 0) is 79.6 Å². The van der Waals surface area contributed by atoms with Gasteiger partial charge < -0.3 is 4.57 Å². The fourth-order valence-corrected chi connectivity index (χ4v) is 5.50. The molecule has 172 valence electrons. The van der Waals surface area contributed by atoms with Gasteiger partial charge in [0.1, 0.15) is 5.82 Å². The van der Waals surface area contributed by atoms with Gasteiger partial charge in [-0.15, -0.1) is 6.42 Å². The van der Waals surface area contributed by atoms with E-state index in [0.717, 1.165) is 45.6 Å². The van der Waals surface area contributed by atoms with Crippen LogP contribution in [0.4, 0.5) is 10.1 Å². The van der Waals surface area contributed by atoms with Crippen LogP contribution in [0.3, 0.4) is 0 Å². The molecule has 34 heavy (non-hydrogen) atoms. The van der Waals surface area contributed by atoms with E-state index in [1.807, 2.05) is 30.5 Å². The lowest BCUT2D eigenvalue weighted by Crippen LogP contribution is -2.17. The van der Waals surface area contributed by atoms with Gasteiger partial charge in [0.05, 0.1) is 21.7 Å². The Morgan fingerprint density at radius 3 is 2.53 bits per heavy atom. The topological polar surface area (TPSA) is 80.5 Å². The molecule has 0 saturated carbocycles. The Morgan fingerprint density at radius 1 is 1.12 bits per heavy atom. The van der Waals surface area contributed by atoms with Gasteiger partial charge in [0, 0.05) is 11.3 Å². The molecule has 0 aliphatic rings. The van der Waals surface area contributed by atoms with Crippen molar-refractivity contribution in [3.05, 3.63) is 88.0 Å². The first kappa shape index (κ1) is 23.4. The molecule has 0 fully saturated rings. The van der Waals surface area contributed by atoms with Crippen LogP contribution in [-0.2, 0) is 16.6 Å². The zero-order valence-corrected chi connectivity index (χ0v) is 20.0. The highest BCUT2D eigenvalue weighted by Crippen LogP contribution is 2.22. The lowest BCUT2D eigenvalue weighted by atomic mass is 10.1. The monoisotopic (exact) mass is 493 g/mol. The quantitative estimate of drug-likeness (QED) is 0.412. The molecule has 6 nitrogen and oxygen atoms in total. The third-order valence-electron chi connectivity index (χ3n) is 5.23. The van der Waals surface area contributed by atoms with Crippen LogP contribution in [0.25, 0.3) is 10.2 Å². The van der Waals surface area contributed by atoms with Crippen LogP contribution in [0.2, 0.25) is 0 Å². The minimum Gasteiger partial charge on any atom is -0.305 e. The van der Waals surface area contributed by atoms with Gasteiger partial charge in [-0.25, -0.2) is 12.8 Å². The summed E-state index contributed by atoms with van der Waals surface area (Å²) in [6, 6.07) is 14.5. The molecule has 1 amide bonds. The van der Waals surface area contributed by atoms with Crippen molar-refractivity contribution in [3.63, 3.8) is 0 Å². The van der Waals surface area contributed by atoms with Crippen LogP contribution >= 0.6 is 11.3 Å². The summed E-state index contributed by atoms with van der Waals surface area (Å²) in [5.41, 5.74) is 3.52. The highest BCUT2D eigenvalue weighted by atomic mass is 32.2. The molecule has 9 heteroatoms. The third kappa shape index (κ3) is 4.78. The standard InChI is InChI=1S/C25H20FN3O3S2/c1-4-12-29-22-13-16(2)17(3)14-23(22)33-25(29)27-24(30)18-6-5-7-20(15-18)28-34(31,32)21-10-8-19(26)9-11-21/h1,5-11,13-15,28H,12H2,2-3H3. The first-order valence-corrected chi connectivity index (χ1v) is 12.5. The number of nitrogens with one attached hydrogen (secondary N) is 1. The van der Waals surface area contributed by atoms with Crippen molar-refractivity contribution in [2.45, 2.75) is 25.3 Å². The number of benzene rings is 3. The van der Waals surface area contributed by atoms with E-state index >= 15 is 0 Å². The van der Waals surface area contributed by atoms with Crippen molar-refractivity contribution in [2.75, 3.05) is 4.72 Å². The van der Waals surface area contributed by atoms with Gasteiger partial charge in [0.25, 0.3) is 15.9 Å². The number of carbonyl (C=O) groups excluding carboxylic acids is 1. The highest BCUT2D eigenvalue weighted by Gasteiger charge is 2.16. The molecule has 0 saturated heterocycles. The summed E-state index contributed by atoms with van der Waals surface area (Å²) in [4.78, 5) is 17.6. The first-order valence-electron chi connectivity index (χ1n) is 10.2. The second kappa shape index (κ2) is 9.25. The van der Waals surface area contributed by atoms with Gasteiger partial charge in [0.15, 0.2) is 4.80 Å². The molecule has 0 aliphatic carbocycles. The molecule has 0 bridgehead atoms. The maximum Gasteiger partial charge on any atom is 0.279 e. The normalized spacial score (nSPS) is 12.0. The second-order valence-corrected chi connectivity index (χ2v) is 10.3. The maximum absolute atomic E-state index is 13.1. The lowest BCUT2D eigenvalue weighted by Gasteiger charge is -2.08. The van der Waals surface area contributed by atoms with Crippen molar-refractivity contribution in [1.29, 1.82) is 0 Å². The molecular weight excluding hydrogens is 473 g/mol. The number of halogens is 1. The van der Waals surface area contributed by atoms with Gasteiger partial charge in [-0.3, -0.25) is 9.52 Å². The molecule has 0 spiro atoms. The molecule has 0 atom stereocenters. The first-order chi connectivity index (χ1) is 16.2. The molecule has 0 aliphatic heterocycles. The number of thiazole rings is 1. The largest absolute Gasteiger partial charge is 0.305 e. The summed E-state index contributed by atoms with van der Waals surface area (Å²) >= 11 is 1.36. The number of rotatable bonds is 5. The Balaban J connectivity index is 1.69. The predicted molar refractivity (Wildman–Crippen MR) is 132 cm³/mol. The summed E-state index contributed by atoms with van der Waals surface area (Å²) in [5.74, 6) is 1.53. The average molecular weight is 494 g/mol. The third-order valence-corrected chi connectivity index (χ3v) is 7.67. The second-order valence-electron chi connectivity index (χ2n) is 7.64. The van der Waals surface area contributed by atoms with Crippen molar-refractivity contribution in [2.24, 2.45) is 4.99 Å². The van der Waals surface area contributed by atoms with Crippen LogP contribution < -0.4 is 9.52 Å². The van der Waals surface area contributed by atoms with Gasteiger partial charge in [0.2, 0.25) is 0 Å². The van der Waals surface area contributed by atoms with Crippen LogP contribution in [0.5, 0.6) is 0 Å². The minimum atomic E-state index is -3.95. The minimum absolute atomic E-state index is 0.0958. The van der Waals surface area contributed by atoms with E-state index in [9.17, 15) is 17.6 Å². The fraction of sp³-hybridized carbons (Fsp3) is 0.120. The van der Waals surface area contributed by atoms with E-state index < -0.39 is 21.7 Å². The summed E-state index contributed by atoms with van der Waals surface area (Å²) in [6.07, 6.45) is 5.55. The molecule has 1 N–H and O–H groups in total. The molecule has 1 heterocycles. The fourth-order valence-electron chi connectivity index (χ4n) is 3.35. The Morgan fingerprint density at radius 2 is 1.82 bits per heavy atom. The molecule has 4 rings (SSSR count). The van der Waals surface area contributed by atoms with Crippen molar-refractivity contribution >= 4 is 43.2 Å². The number of sulfonamides is 1. The Hall–Kier alpha value is -3.74. The highest BCUT2D eigenvalue weighted by molar-refractivity contribution is 7.92. The molecule has 4 aromatic rings. The summed E-state index contributed by atoms with van der Waals surface area (Å²) in [5, 5.41) is 0. The van der Waals surface area contributed by atoms with Gasteiger partial charge in [-0.2, -0.15) is 4.99 Å². The number of fused-ring (bicyclic) bond motifs is 1. The van der Waals surface area contributed by atoms with E-state index in [-0.39, 0.29) is 22.7 Å². The number of hydrogen-bond donors (Lipinski definition) is 1. The number of amides is 1. The molecule has 3 aromatic carbocycles. The van der Waals surface area contributed by atoms with Crippen molar-refractivity contribution in [1.82, 2.24) is 4.57 Å². The van der Waals surface area contributed by atoms with E-state index in [2.05, 4.69) is 15.6 Å². The molecular formula is C25H20FN3O3S2. The Labute approximate surface area is 200 Å². The van der Waals surface area contributed by atoms with Crippen LogP contribution in [-0.4, -0.2) is 18.9 Å². The maximum atomic E-state index is 13.1. The molecule has 0 unspecified atom stereocenters. The number of carbonyl (C=O) groups is 1. The SMILES string of the molecule is C#CCn1c(=NC(=O)c2cccc(NS(=O)(=O)c3ccc(F)cc3)c2)sc2cc(C)c(C)cc21. The zero-order valence-electron chi connectivity index (χ0n) is 18.4. The Kier molecular flexibility index (Phi) is 6.37. The Bertz CT molecular complexity index is 1630. The van der Waals surface area contributed by atoms with Crippen LogP contribution in [0.15, 0.2) is 70.6 Å². The number of aryl methyl sites for hydroxylation is 2. The number of anilines is 1. The summed E-state index contributed by atoms with van der Waals surface area (Å²) in [6.45, 7) is 4.28. The van der Waals surface area contributed by atoms with Gasteiger partial charge in [-0.1, -0.05) is 23.3 Å². The summed E-state index contributed by atoms with van der Waals surface area (Å²) in [7, 11) is -3.95. The summed E-state index contributed by atoms with van der Waals surface area (Å²) < 4.78 is 43.5. The van der Waals surface area contributed by atoms with Crippen molar-refractivity contribution < 1.29 is 17.6 Å². The smallest absolute Gasteiger partial charge is 0.279 e. The number of hydrogen-bond acceptors (Lipinski definition) is 4.